The van der Waals surface area contributed by atoms with Crippen LogP contribution in [0, 0.1) is 5.92 Å². The van der Waals surface area contributed by atoms with Gasteiger partial charge in [0, 0.05) is 18.0 Å². The number of carbonyl (C=O) groups is 1. The third kappa shape index (κ3) is 2.31. The van der Waals surface area contributed by atoms with Crippen molar-refractivity contribution in [1.29, 1.82) is 0 Å². The Balaban J connectivity index is 2.33. The number of aromatic nitrogens is 2. The minimum Gasteiger partial charge on any atom is -0.327 e. The van der Waals surface area contributed by atoms with Gasteiger partial charge in [-0.1, -0.05) is 6.42 Å². The molecule has 0 amide bonds. The van der Waals surface area contributed by atoms with Crippen molar-refractivity contribution in [2.75, 3.05) is 0 Å². The van der Waals surface area contributed by atoms with Gasteiger partial charge >= 0.3 is 0 Å². The summed E-state index contributed by atoms with van der Waals surface area (Å²) < 4.78 is 2.55. The van der Waals surface area contributed by atoms with Crippen LogP contribution >= 0.6 is 15.9 Å². The van der Waals surface area contributed by atoms with Gasteiger partial charge in [0.1, 0.15) is 5.69 Å². The van der Waals surface area contributed by atoms with Crippen molar-refractivity contribution in [2.24, 2.45) is 11.7 Å². The number of hydrogen-bond donors (Lipinski definition) is 1. The average Bonchev–Trinajstić information content (AvgIpc) is 2.83. The van der Waals surface area contributed by atoms with Crippen LogP contribution in [-0.2, 0) is 0 Å². The topological polar surface area (TPSA) is 60.9 Å². The monoisotopic (exact) mass is 299 g/mol. The van der Waals surface area contributed by atoms with Gasteiger partial charge < -0.3 is 5.73 Å². The fourth-order valence-electron chi connectivity index (χ4n) is 2.45. The summed E-state index contributed by atoms with van der Waals surface area (Å²) in [6, 6.07) is 0.183. The van der Waals surface area contributed by atoms with E-state index in [1.165, 1.54) is 0 Å². The van der Waals surface area contributed by atoms with Gasteiger partial charge in [0.2, 0.25) is 0 Å². The second kappa shape index (κ2) is 4.90. The SMILES string of the molecule is CC(C)n1ncc(Br)c1C(=O)C1CCCC1N. The predicted octanol–water partition coefficient (Wildman–Crippen LogP) is 2.54. The molecule has 1 aromatic rings. The zero-order valence-corrected chi connectivity index (χ0v) is 11.8. The maximum atomic E-state index is 12.5. The average molecular weight is 300 g/mol. The highest BCUT2D eigenvalue weighted by Crippen LogP contribution is 2.30. The first-order chi connectivity index (χ1) is 8.02. The fraction of sp³-hybridized carbons (Fsp3) is 0.667. The second-order valence-corrected chi connectivity index (χ2v) is 5.80. The number of nitrogens with zero attached hydrogens (tertiary/aromatic N) is 2. The smallest absolute Gasteiger partial charge is 0.186 e. The quantitative estimate of drug-likeness (QED) is 0.873. The van der Waals surface area contributed by atoms with E-state index in [4.69, 9.17) is 5.73 Å². The zero-order valence-electron chi connectivity index (χ0n) is 10.2. The highest BCUT2D eigenvalue weighted by Gasteiger charge is 2.34. The first-order valence-corrected chi connectivity index (χ1v) is 6.84. The Bertz CT molecular complexity index is 427. The summed E-state index contributed by atoms with van der Waals surface area (Å²) in [6.07, 6.45) is 4.58. The maximum Gasteiger partial charge on any atom is 0.186 e. The molecular weight excluding hydrogens is 282 g/mol. The second-order valence-electron chi connectivity index (χ2n) is 4.94. The minimum absolute atomic E-state index is 0.00455. The van der Waals surface area contributed by atoms with Crippen LogP contribution in [0.2, 0.25) is 0 Å². The molecule has 1 aromatic heterocycles. The summed E-state index contributed by atoms with van der Waals surface area (Å²) in [5.41, 5.74) is 6.67. The van der Waals surface area contributed by atoms with E-state index in [9.17, 15) is 4.79 Å². The predicted molar refractivity (Wildman–Crippen MR) is 70.0 cm³/mol. The molecule has 5 heteroatoms. The molecule has 94 valence electrons. The molecule has 2 unspecified atom stereocenters. The van der Waals surface area contributed by atoms with Crippen molar-refractivity contribution in [3.8, 4) is 0 Å². The Morgan fingerprint density at radius 1 is 1.59 bits per heavy atom. The van der Waals surface area contributed by atoms with Crippen molar-refractivity contribution in [1.82, 2.24) is 9.78 Å². The molecule has 1 fully saturated rings. The van der Waals surface area contributed by atoms with Gasteiger partial charge in [-0.2, -0.15) is 5.10 Å². The van der Waals surface area contributed by atoms with Crippen LogP contribution in [0.3, 0.4) is 0 Å². The molecule has 1 aliphatic carbocycles. The molecule has 1 aliphatic rings. The lowest BCUT2D eigenvalue weighted by atomic mass is 9.96. The molecule has 17 heavy (non-hydrogen) atoms. The van der Waals surface area contributed by atoms with Crippen LogP contribution < -0.4 is 5.73 Å². The fourth-order valence-corrected chi connectivity index (χ4v) is 2.92. The van der Waals surface area contributed by atoms with Crippen LogP contribution in [0.15, 0.2) is 10.7 Å². The number of Topliss-reactive ketones (excluding diaryl/α,β-unsaturated/α-hetero) is 1. The van der Waals surface area contributed by atoms with Gasteiger partial charge in [-0.15, -0.1) is 0 Å². The summed E-state index contributed by atoms with van der Waals surface area (Å²) >= 11 is 3.41. The van der Waals surface area contributed by atoms with Gasteiger partial charge in [-0.25, -0.2) is 0 Å². The molecule has 0 bridgehead atoms. The van der Waals surface area contributed by atoms with Crippen LogP contribution in [0.1, 0.15) is 49.6 Å². The third-order valence-electron chi connectivity index (χ3n) is 3.38. The number of halogens is 1. The number of rotatable bonds is 3. The van der Waals surface area contributed by atoms with Crippen molar-refractivity contribution >= 4 is 21.7 Å². The van der Waals surface area contributed by atoms with E-state index in [-0.39, 0.29) is 23.8 Å². The number of ketones is 1. The highest BCUT2D eigenvalue weighted by molar-refractivity contribution is 9.10. The van der Waals surface area contributed by atoms with Gasteiger partial charge in [0.25, 0.3) is 0 Å². The van der Waals surface area contributed by atoms with Crippen LogP contribution in [0.4, 0.5) is 0 Å². The Morgan fingerprint density at radius 2 is 2.29 bits per heavy atom. The largest absolute Gasteiger partial charge is 0.327 e. The van der Waals surface area contributed by atoms with Crippen molar-refractivity contribution in [3.63, 3.8) is 0 Å². The van der Waals surface area contributed by atoms with E-state index in [0.717, 1.165) is 23.7 Å². The molecule has 2 atom stereocenters. The van der Waals surface area contributed by atoms with Gasteiger partial charge in [-0.05, 0) is 42.6 Å². The molecule has 0 aromatic carbocycles. The van der Waals surface area contributed by atoms with Crippen molar-refractivity contribution < 1.29 is 4.79 Å². The molecule has 0 spiro atoms. The third-order valence-corrected chi connectivity index (χ3v) is 3.96. The van der Waals surface area contributed by atoms with Crippen LogP contribution in [-0.4, -0.2) is 21.6 Å². The van der Waals surface area contributed by atoms with E-state index in [0.29, 0.717) is 5.69 Å². The maximum absolute atomic E-state index is 12.5. The molecule has 2 rings (SSSR count). The lowest BCUT2D eigenvalue weighted by Crippen LogP contribution is -2.32. The van der Waals surface area contributed by atoms with E-state index in [1.54, 1.807) is 10.9 Å². The zero-order chi connectivity index (χ0) is 12.6. The van der Waals surface area contributed by atoms with E-state index in [2.05, 4.69) is 21.0 Å². The minimum atomic E-state index is -0.0412. The standard InChI is InChI=1S/C12H18BrN3O/c1-7(2)16-11(9(13)6-15-16)12(17)8-4-3-5-10(8)14/h6-8,10H,3-5,14H2,1-2H3. The Labute approximate surface area is 110 Å². The Kier molecular flexibility index (Phi) is 3.68. The van der Waals surface area contributed by atoms with Crippen LogP contribution in [0.5, 0.6) is 0 Å². The van der Waals surface area contributed by atoms with E-state index < -0.39 is 0 Å². The first kappa shape index (κ1) is 12.8. The summed E-state index contributed by atoms with van der Waals surface area (Å²) in [7, 11) is 0. The normalized spacial score (nSPS) is 24.5. The van der Waals surface area contributed by atoms with Crippen molar-refractivity contribution in [2.45, 2.75) is 45.2 Å². The van der Waals surface area contributed by atoms with Gasteiger partial charge in [0.15, 0.2) is 5.78 Å². The molecule has 4 nitrogen and oxygen atoms in total. The lowest BCUT2D eigenvalue weighted by Gasteiger charge is -2.17. The molecule has 0 saturated heterocycles. The molecule has 0 radical (unpaired) electrons. The lowest BCUT2D eigenvalue weighted by molar-refractivity contribution is 0.0899. The van der Waals surface area contributed by atoms with Crippen molar-refractivity contribution in [3.05, 3.63) is 16.4 Å². The summed E-state index contributed by atoms with van der Waals surface area (Å²) in [6.45, 7) is 4.04. The first-order valence-electron chi connectivity index (χ1n) is 6.05. The molecule has 1 saturated carbocycles. The summed E-state index contributed by atoms with van der Waals surface area (Å²) in [4.78, 5) is 12.5. The highest BCUT2D eigenvalue weighted by atomic mass is 79.9. The van der Waals surface area contributed by atoms with Gasteiger partial charge in [-0.3, -0.25) is 9.48 Å². The summed E-state index contributed by atoms with van der Waals surface area (Å²) in [5, 5.41) is 4.24. The number of carbonyl (C=O) groups excluding carboxylic acids is 1. The van der Waals surface area contributed by atoms with E-state index >= 15 is 0 Å². The number of hydrogen-bond acceptors (Lipinski definition) is 3. The molecule has 2 N–H and O–H groups in total. The molecular formula is C12H18BrN3O. The molecule has 0 aliphatic heterocycles. The van der Waals surface area contributed by atoms with Gasteiger partial charge in [0.05, 0.1) is 10.7 Å². The van der Waals surface area contributed by atoms with E-state index in [1.807, 2.05) is 13.8 Å². The Hall–Kier alpha value is -0.680. The number of nitrogens with two attached hydrogens (primary N) is 1. The molecule has 1 heterocycles. The Morgan fingerprint density at radius 3 is 2.82 bits per heavy atom. The van der Waals surface area contributed by atoms with Crippen LogP contribution in [0.25, 0.3) is 0 Å². The summed E-state index contributed by atoms with van der Waals surface area (Å²) in [5.74, 6) is 0.0913.